The Kier molecular flexibility index (Phi) is 3.67. The molecule has 130 valence electrons. The maximum atomic E-state index is 12.5. The van der Waals surface area contributed by atoms with Crippen LogP contribution in [0, 0.1) is 0 Å². The number of esters is 1. The van der Waals surface area contributed by atoms with Crippen molar-refractivity contribution in [2.75, 3.05) is 18.6 Å². The number of aryl methyl sites for hydroxylation is 1. The largest absolute Gasteiger partial charge is 0.497 e. The van der Waals surface area contributed by atoms with Crippen LogP contribution in [0.2, 0.25) is 0 Å². The van der Waals surface area contributed by atoms with E-state index in [0.29, 0.717) is 5.56 Å². The Morgan fingerprint density at radius 2 is 2.08 bits per heavy atom. The van der Waals surface area contributed by atoms with Crippen LogP contribution in [0.4, 0.5) is 5.82 Å². The molecule has 0 saturated carbocycles. The lowest BCUT2D eigenvalue weighted by Gasteiger charge is -2.24. The Bertz CT molecular complexity index is 845. The molecule has 4 rings (SSSR count). The number of ether oxygens (including phenoxy) is 2. The molecule has 0 fully saturated rings. The first-order valence-corrected chi connectivity index (χ1v) is 8.63. The molecule has 25 heavy (non-hydrogen) atoms. The summed E-state index contributed by atoms with van der Waals surface area (Å²) in [5, 5.41) is 0. The molecule has 2 aliphatic heterocycles. The molecule has 2 aromatic rings. The van der Waals surface area contributed by atoms with Crippen molar-refractivity contribution in [2.24, 2.45) is 0 Å². The number of cyclic esters (lactones) is 1. The number of pyridine rings is 1. The van der Waals surface area contributed by atoms with Gasteiger partial charge in [0.25, 0.3) is 0 Å². The minimum atomic E-state index is -0.596. The number of anilines is 1. The van der Waals surface area contributed by atoms with Crippen molar-refractivity contribution >= 4 is 11.8 Å². The number of carbonyl (C=O) groups excluding carboxylic acids is 1. The third-order valence-corrected chi connectivity index (χ3v) is 5.08. The van der Waals surface area contributed by atoms with Gasteiger partial charge in [-0.3, -0.25) is 0 Å². The average Bonchev–Trinajstić information content (AvgIpc) is 2.75. The lowest BCUT2D eigenvalue weighted by molar-refractivity contribution is 0.00956. The zero-order valence-electron chi connectivity index (χ0n) is 14.8. The number of rotatable bonds is 2. The van der Waals surface area contributed by atoms with Crippen molar-refractivity contribution < 1.29 is 14.3 Å². The molecule has 0 unspecified atom stereocenters. The minimum Gasteiger partial charge on any atom is -0.497 e. The summed E-state index contributed by atoms with van der Waals surface area (Å²) in [6.45, 7) is 5.43. The monoisotopic (exact) mass is 338 g/mol. The summed E-state index contributed by atoms with van der Waals surface area (Å²) >= 11 is 0. The van der Waals surface area contributed by atoms with Gasteiger partial charge in [0.15, 0.2) is 0 Å². The summed E-state index contributed by atoms with van der Waals surface area (Å²) in [6, 6.07) is 8.10. The zero-order chi connectivity index (χ0) is 17.6. The molecule has 5 heteroatoms. The van der Waals surface area contributed by atoms with Crippen LogP contribution in [0.1, 0.15) is 47.3 Å². The zero-order valence-corrected chi connectivity index (χ0v) is 14.8. The van der Waals surface area contributed by atoms with Crippen LogP contribution >= 0.6 is 0 Å². The second-order valence-electron chi connectivity index (χ2n) is 7.12. The van der Waals surface area contributed by atoms with Gasteiger partial charge in [0.05, 0.1) is 7.11 Å². The molecule has 5 nitrogen and oxygen atoms in total. The van der Waals surface area contributed by atoms with E-state index in [1.165, 1.54) is 11.1 Å². The Morgan fingerprint density at radius 1 is 1.24 bits per heavy atom. The third-order valence-electron chi connectivity index (χ3n) is 5.08. The molecule has 0 radical (unpaired) electrons. The highest BCUT2D eigenvalue weighted by Crippen LogP contribution is 2.40. The number of hydrogen-bond acceptors (Lipinski definition) is 5. The van der Waals surface area contributed by atoms with E-state index >= 15 is 0 Å². The Balaban J connectivity index is 1.74. The predicted molar refractivity (Wildman–Crippen MR) is 95.0 cm³/mol. The molecule has 0 spiro atoms. The average molecular weight is 338 g/mol. The fourth-order valence-electron chi connectivity index (χ4n) is 3.77. The van der Waals surface area contributed by atoms with Crippen LogP contribution in [0.5, 0.6) is 5.75 Å². The number of methoxy groups -OCH3 is 1. The lowest BCUT2D eigenvalue weighted by Crippen LogP contribution is -2.25. The normalized spacial score (nSPS) is 18.2. The number of fused-ring (bicyclic) bond motifs is 2. The van der Waals surface area contributed by atoms with Gasteiger partial charge in [0.1, 0.15) is 22.7 Å². The van der Waals surface area contributed by atoms with Gasteiger partial charge >= 0.3 is 5.97 Å². The summed E-state index contributed by atoms with van der Waals surface area (Å²) in [7, 11) is 1.69. The summed E-state index contributed by atoms with van der Waals surface area (Å²) in [5.41, 5.74) is 3.49. The third kappa shape index (κ3) is 2.64. The molecule has 0 N–H and O–H groups in total. The quantitative estimate of drug-likeness (QED) is 0.785. The predicted octanol–water partition coefficient (Wildman–Crippen LogP) is 3.45. The van der Waals surface area contributed by atoms with Gasteiger partial charge in [0, 0.05) is 24.8 Å². The molecule has 0 aliphatic carbocycles. The van der Waals surface area contributed by atoms with Crippen molar-refractivity contribution in [1.29, 1.82) is 0 Å². The van der Waals surface area contributed by atoms with Gasteiger partial charge in [-0.05, 0) is 56.0 Å². The van der Waals surface area contributed by atoms with E-state index in [1.807, 2.05) is 26.0 Å². The Hall–Kier alpha value is -2.56. The van der Waals surface area contributed by atoms with Crippen LogP contribution in [-0.4, -0.2) is 24.6 Å². The first-order valence-electron chi connectivity index (χ1n) is 8.63. The van der Waals surface area contributed by atoms with Gasteiger partial charge in [-0.2, -0.15) is 0 Å². The second kappa shape index (κ2) is 5.76. The summed E-state index contributed by atoms with van der Waals surface area (Å²) in [4.78, 5) is 19.2. The van der Waals surface area contributed by atoms with Gasteiger partial charge < -0.3 is 14.4 Å². The van der Waals surface area contributed by atoms with E-state index in [9.17, 15) is 4.79 Å². The number of hydrogen-bond donors (Lipinski definition) is 0. The van der Waals surface area contributed by atoms with Crippen LogP contribution < -0.4 is 9.64 Å². The van der Waals surface area contributed by atoms with Crippen molar-refractivity contribution in [3.05, 3.63) is 52.7 Å². The molecule has 1 aromatic heterocycles. The number of benzene rings is 1. The van der Waals surface area contributed by atoms with Crippen molar-refractivity contribution in [3.63, 3.8) is 0 Å². The standard InChI is InChI=1S/C20H22N2O3/c1-20(2)16-8-9-21-18(17(16)19(23)25-20)22-10-4-5-13-11-15(24-3)7-6-14(13)12-22/h6-9,11H,4-5,10,12H2,1-3H3. The summed E-state index contributed by atoms with van der Waals surface area (Å²) in [6.07, 6.45) is 3.77. The van der Waals surface area contributed by atoms with Gasteiger partial charge in [-0.15, -0.1) is 0 Å². The molecule has 0 amide bonds. The second-order valence-corrected chi connectivity index (χ2v) is 7.12. The topological polar surface area (TPSA) is 51.7 Å². The van der Waals surface area contributed by atoms with E-state index in [-0.39, 0.29) is 5.97 Å². The molecule has 1 aromatic carbocycles. The van der Waals surface area contributed by atoms with Gasteiger partial charge in [-0.1, -0.05) is 6.07 Å². The molecule has 0 saturated heterocycles. The highest BCUT2D eigenvalue weighted by atomic mass is 16.6. The number of aromatic nitrogens is 1. The lowest BCUT2D eigenvalue weighted by atomic mass is 9.97. The molecule has 3 heterocycles. The minimum absolute atomic E-state index is 0.276. The molecular formula is C20H22N2O3. The highest BCUT2D eigenvalue weighted by Gasteiger charge is 2.41. The van der Waals surface area contributed by atoms with E-state index in [1.54, 1.807) is 13.3 Å². The SMILES string of the molecule is COc1ccc2c(c1)CCCN(c1nccc3c1C(=O)OC3(C)C)C2. The Labute approximate surface area is 147 Å². The fourth-order valence-corrected chi connectivity index (χ4v) is 3.77. The number of nitrogens with zero attached hydrogens (tertiary/aromatic N) is 2. The van der Waals surface area contributed by atoms with Crippen molar-refractivity contribution in [1.82, 2.24) is 4.98 Å². The van der Waals surface area contributed by atoms with Gasteiger partial charge in [0.2, 0.25) is 0 Å². The van der Waals surface area contributed by atoms with Gasteiger partial charge in [-0.25, -0.2) is 9.78 Å². The smallest absolute Gasteiger partial charge is 0.343 e. The molecule has 0 bridgehead atoms. The first kappa shape index (κ1) is 15.9. The first-order chi connectivity index (χ1) is 12.0. The summed E-state index contributed by atoms with van der Waals surface area (Å²) in [5.74, 6) is 1.34. The van der Waals surface area contributed by atoms with Crippen LogP contribution in [0.15, 0.2) is 30.5 Å². The fraction of sp³-hybridized carbons (Fsp3) is 0.400. The van der Waals surface area contributed by atoms with E-state index in [2.05, 4.69) is 22.0 Å². The van der Waals surface area contributed by atoms with Crippen LogP contribution in [0.25, 0.3) is 0 Å². The van der Waals surface area contributed by atoms with Crippen LogP contribution in [0.3, 0.4) is 0 Å². The Morgan fingerprint density at radius 3 is 2.88 bits per heavy atom. The van der Waals surface area contributed by atoms with Crippen molar-refractivity contribution in [3.8, 4) is 5.75 Å². The molecule has 0 atom stereocenters. The maximum absolute atomic E-state index is 12.5. The summed E-state index contributed by atoms with van der Waals surface area (Å²) < 4.78 is 10.9. The highest BCUT2D eigenvalue weighted by molar-refractivity contribution is 5.99. The number of carbonyl (C=O) groups is 1. The van der Waals surface area contributed by atoms with E-state index in [0.717, 1.165) is 43.1 Å². The maximum Gasteiger partial charge on any atom is 0.343 e. The van der Waals surface area contributed by atoms with Crippen LogP contribution in [-0.2, 0) is 23.3 Å². The molecular weight excluding hydrogens is 316 g/mol. The van der Waals surface area contributed by atoms with E-state index in [4.69, 9.17) is 9.47 Å². The van der Waals surface area contributed by atoms with E-state index < -0.39 is 5.60 Å². The molecule has 2 aliphatic rings. The van der Waals surface area contributed by atoms with Crippen molar-refractivity contribution in [2.45, 2.75) is 38.8 Å².